The van der Waals surface area contributed by atoms with Gasteiger partial charge in [-0.15, -0.1) is 0 Å². The van der Waals surface area contributed by atoms with E-state index in [1.165, 1.54) is 24.6 Å². The van der Waals surface area contributed by atoms with Crippen molar-refractivity contribution in [2.45, 2.75) is 26.2 Å². The van der Waals surface area contributed by atoms with Gasteiger partial charge < -0.3 is 0 Å². The van der Waals surface area contributed by atoms with Crippen LogP contribution in [0.15, 0.2) is 0 Å². The van der Waals surface area contributed by atoms with Gasteiger partial charge in [0.15, 0.2) is 0 Å². The van der Waals surface area contributed by atoms with Crippen molar-refractivity contribution in [1.82, 2.24) is 0 Å². The molecule has 2 radical (unpaired) electrons. The zero-order chi connectivity index (χ0) is 4.83. The van der Waals surface area contributed by atoms with E-state index < -0.39 is 0 Å². The standard InChI is InChI=1S/C5H11Br.Mg/c1-2-3-4-5-6;/h2-5H2,1H3;. The highest BCUT2D eigenvalue weighted by atomic mass is 79.9. The molecule has 0 heterocycles. The van der Waals surface area contributed by atoms with Gasteiger partial charge >= 0.3 is 0 Å². The fourth-order valence-electron chi connectivity index (χ4n) is 0.344. The molecule has 0 N–H and O–H groups in total. The summed E-state index contributed by atoms with van der Waals surface area (Å²) in [6, 6.07) is 0. The van der Waals surface area contributed by atoms with Gasteiger partial charge in [0.2, 0.25) is 0 Å². The molecule has 0 aliphatic carbocycles. The quantitative estimate of drug-likeness (QED) is 0.350. The molecular weight excluding hydrogens is 164 g/mol. The van der Waals surface area contributed by atoms with Crippen LogP contribution in [-0.2, 0) is 0 Å². The monoisotopic (exact) mass is 174 g/mol. The van der Waals surface area contributed by atoms with Crippen molar-refractivity contribution in [3.63, 3.8) is 0 Å². The summed E-state index contributed by atoms with van der Waals surface area (Å²) in [5.74, 6) is 0. The van der Waals surface area contributed by atoms with Crippen LogP contribution in [0.5, 0.6) is 0 Å². The summed E-state index contributed by atoms with van der Waals surface area (Å²) < 4.78 is 0. The van der Waals surface area contributed by atoms with Crippen molar-refractivity contribution in [2.75, 3.05) is 5.33 Å². The van der Waals surface area contributed by atoms with Crippen LogP contribution in [0.25, 0.3) is 0 Å². The highest BCUT2D eigenvalue weighted by Gasteiger charge is 1.76. The first-order valence-corrected chi connectivity index (χ1v) is 3.60. The van der Waals surface area contributed by atoms with Crippen molar-refractivity contribution in [3.8, 4) is 0 Å². The lowest BCUT2D eigenvalue weighted by Crippen LogP contribution is -1.70. The molecule has 0 aromatic carbocycles. The summed E-state index contributed by atoms with van der Waals surface area (Å²) in [4.78, 5) is 0. The predicted molar refractivity (Wildman–Crippen MR) is 39.1 cm³/mol. The number of rotatable bonds is 3. The smallest absolute Gasteiger partial charge is 0.00313 e. The molecule has 0 rings (SSSR count). The van der Waals surface area contributed by atoms with Crippen molar-refractivity contribution < 1.29 is 0 Å². The Hall–Kier alpha value is 1.25. The molecule has 0 unspecified atom stereocenters. The van der Waals surface area contributed by atoms with Gasteiger partial charge in [-0.3, -0.25) is 0 Å². The molecule has 40 valence electrons. The lowest BCUT2D eigenvalue weighted by atomic mass is 10.3. The van der Waals surface area contributed by atoms with Crippen molar-refractivity contribution in [3.05, 3.63) is 0 Å². The molecule has 0 bridgehead atoms. The van der Waals surface area contributed by atoms with Gasteiger partial charge in [0.25, 0.3) is 0 Å². The van der Waals surface area contributed by atoms with Gasteiger partial charge in [0.1, 0.15) is 0 Å². The number of alkyl halides is 1. The van der Waals surface area contributed by atoms with E-state index >= 15 is 0 Å². The minimum atomic E-state index is 0. The van der Waals surface area contributed by atoms with Crippen molar-refractivity contribution >= 4 is 39.0 Å². The highest BCUT2D eigenvalue weighted by molar-refractivity contribution is 9.09. The number of halogens is 1. The topological polar surface area (TPSA) is 0 Å². The summed E-state index contributed by atoms with van der Waals surface area (Å²) in [7, 11) is 0. The number of hydrogen-bond acceptors (Lipinski definition) is 0. The molecule has 0 saturated carbocycles. The third kappa shape index (κ3) is 11.1. The maximum Gasteiger partial charge on any atom is 0.00313 e. The summed E-state index contributed by atoms with van der Waals surface area (Å²) in [6.45, 7) is 2.21. The molecule has 0 atom stereocenters. The minimum absolute atomic E-state index is 0. The Morgan fingerprint density at radius 3 is 2.00 bits per heavy atom. The van der Waals surface area contributed by atoms with E-state index in [0.717, 1.165) is 0 Å². The fraction of sp³-hybridized carbons (Fsp3) is 1.00. The van der Waals surface area contributed by atoms with E-state index in [1.54, 1.807) is 0 Å². The molecular formula is C5H11BrMg. The van der Waals surface area contributed by atoms with E-state index in [0.29, 0.717) is 0 Å². The molecule has 0 fully saturated rings. The fourth-order valence-corrected chi connectivity index (χ4v) is 0.741. The Labute approximate surface area is 70.3 Å². The highest BCUT2D eigenvalue weighted by Crippen LogP contribution is 1.95. The zero-order valence-electron chi connectivity index (χ0n) is 4.91. The van der Waals surface area contributed by atoms with Crippen LogP contribution in [0.1, 0.15) is 26.2 Å². The molecule has 0 nitrogen and oxygen atoms in total. The van der Waals surface area contributed by atoms with E-state index in [4.69, 9.17) is 0 Å². The van der Waals surface area contributed by atoms with Crippen LogP contribution in [0.2, 0.25) is 0 Å². The summed E-state index contributed by atoms with van der Waals surface area (Å²) >= 11 is 3.35. The summed E-state index contributed by atoms with van der Waals surface area (Å²) in [5, 5.41) is 1.17. The molecule has 0 spiro atoms. The third-order valence-corrected chi connectivity index (χ3v) is 1.30. The summed E-state index contributed by atoms with van der Waals surface area (Å²) in [6.07, 6.45) is 4.02. The Bertz CT molecular complexity index is 20.0. The molecule has 0 saturated heterocycles. The second kappa shape index (κ2) is 10.3. The first-order valence-electron chi connectivity index (χ1n) is 2.47. The van der Waals surface area contributed by atoms with Crippen LogP contribution in [0, 0.1) is 0 Å². The second-order valence-corrected chi connectivity index (χ2v) is 2.19. The molecule has 7 heavy (non-hydrogen) atoms. The molecule has 2 heteroatoms. The molecule has 0 aliphatic heterocycles. The molecule has 0 aliphatic rings. The van der Waals surface area contributed by atoms with Crippen LogP contribution in [0.4, 0.5) is 0 Å². The van der Waals surface area contributed by atoms with E-state index in [1.807, 2.05) is 0 Å². The largest absolute Gasteiger partial charge is 0.0928 e. The normalized spacial score (nSPS) is 7.71. The summed E-state index contributed by atoms with van der Waals surface area (Å²) in [5.41, 5.74) is 0. The van der Waals surface area contributed by atoms with Crippen LogP contribution in [-0.4, -0.2) is 28.4 Å². The van der Waals surface area contributed by atoms with E-state index in [9.17, 15) is 0 Å². The van der Waals surface area contributed by atoms with Crippen LogP contribution < -0.4 is 0 Å². The van der Waals surface area contributed by atoms with Crippen molar-refractivity contribution in [1.29, 1.82) is 0 Å². The number of unbranched alkanes of at least 4 members (excludes halogenated alkanes) is 2. The minimum Gasteiger partial charge on any atom is -0.0928 e. The maximum atomic E-state index is 3.35. The molecule has 0 aromatic heterocycles. The van der Waals surface area contributed by atoms with Crippen LogP contribution in [0.3, 0.4) is 0 Å². The average molecular weight is 175 g/mol. The first-order chi connectivity index (χ1) is 2.91. The SMILES string of the molecule is CCCCCBr.[Mg]. The van der Waals surface area contributed by atoms with Gasteiger partial charge in [-0.2, -0.15) is 0 Å². The van der Waals surface area contributed by atoms with E-state index in [2.05, 4.69) is 22.9 Å². The van der Waals surface area contributed by atoms with Gasteiger partial charge in [-0.05, 0) is 6.42 Å². The van der Waals surface area contributed by atoms with Gasteiger partial charge in [-0.25, -0.2) is 0 Å². The molecule has 0 amide bonds. The van der Waals surface area contributed by atoms with Crippen LogP contribution >= 0.6 is 15.9 Å². The maximum absolute atomic E-state index is 3.35. The zero-order valence-corrected chi connectivity index (χ0v) is 7.91. The van der Waals surface area contributed by atoms with E-state index in [-0.39, 0.29) is 23.1 Å². The van der Waals surface area contributed by atoms with Gasteiger partial charge in [0, 0.05) is 28.4 Å². The number of hydrogen-bond donors (Lipinski definition) is 0. The Morgan fingerprint density at radius 1 is 1.29 bits per heavy atom. The Kier molecular flexibility index (Phi) is 16.3. The van der Waals surface area contributed by atoms with Gasteiger partial charge in [-0.1, -0.05) is 35.7 Å². The first kappa shape index (κ1) is 11.1. The lowest BCUT2D eigenvalue weighted by molar-refractivity contribution is 0.781. The third-order valence-electron chi connectivity index (χ3n) is 0.737. The second-order valence-electron chi connectivity index (χ2n) is 1.40. The average Bonchev–Trinajstić information content (AvgIpc) is 1.61. The van der Waals surface area contributed by atoms with Gasteiger partial charge in [0.05, 0.1) is 0 Å². The predicted octanol–water partition coefficient (Wildman–Crippen LogP) is 2.19. The molecule has 0 aromatic rings. The Balaban J connectivity index is 0. The lowest BCUT2D eigenvalue weighted by Gasteiger charge is -1.85. The van der Waals surface area contributed by atoms with Crippen molar-refractivity contribution in [2.24, 2.45) is 0 Å². The Morgan fingerprint density at radius 2 is 1.86 bits per heavy atom.